The smallest absolute Gasteiger partial charge is 0.262 e. The second-order valence-electron chi connectivity index (χ2n) is 6.14. The molecule has 0 bridgehead atoms. The first-order valence-electron chi connectivity index (χ1n) is 8.85. The van der Waals surface area contributed by atoms with Gasteiger partial charge in [-0.2, -0.15) is 4.31 Å². The van der Waals surface area contributed by atoms with Crippen molar-refractivity contribution in [1.82, 2.24) is 4.31 Å². The van der Waals surface area contributed by atoms with Crippen LogP contribution >= 0.6 is 11.6 Å². The fraction of sp³-hybridized carbons (Fsp3) is 0.316. The van der Waals surface area contributed by atoms with Crippen molar-refractivity contribution >= 4 is 33.2 Å². The van der Waals surface area contributed by atoms with Crippen LogP contribution in [0.4, 0.5) is 5.69 Å². The molecule has 0 radical (unpaired) electrons. The maximum absolute atomic E-state index is 13.0. The number of rotatable bonds is 7. The number of nitrogens with zero attached hydrogens (tertiary/aromatic N) is 1. The Morgan fingerprint density at radius 2 is 1.90 bits per heavy atom. The van der Waals surface area contributed by atoms with Gasteiger partial charge in [0.05, 0.1) is 26.0 Å². The van der Waals surface area contributed by atoms with E-state index in [4.69, 9.17) is 25.8 Å². The second kappa shape index (κ2) is 9.45. The molecule has 0 unspecified atom stereocenters. The number of sulfonamides is 1. The number of amides is 1. The molecule has 1 saturated heterocycles. The molecule has 8 nitrogen and oxygen atoms in total. The first-order chi connectivity index (χ1) is 13.9. The zero-order valence-corrected chi connectivity index (χ0v) is 17.3. The molecule has 0 spiro atoms. The van der Waals surface area contributed by atoms with Crippen molar-refractivity contribution in [3.8, 4) is 11.5 Å². The fourth-order valence-electron chi connectivity index (χ4n) is 2.81. The van der Waals surface area contributed by atoms with Crippen LogP contribution in [-0.4, -0.2) is 58.7 Å². The van der Waals surface area contributed by atoms with Gasteiger partial charge in [-0.1, -0.05) is 23.7 Å². The average molecular weight is 441 g/mol. The summed E-state index contributed by atoms with van der Waals surface area (Å²) in [5.41, 5.74) is 0.487. The van der Waals surface area contributed by atoms with E-state index in [0.717, 1.165) is 0 Å². The SMILES string of the molecule is COc1ccccc1NC(=O)COc1ccc(Cl)cc1S(=O)(=O)N1CCOCC1. The molecule has 3 rings (SSSR count). The van der Waals surface area contributed by atoms with Gasteiger partial charge in [-0.15, -0.1) is 0 Å². The van der Waals surface area contributed by atoms with Crippen molar-refractivity contribution in [1.29, 1.82) is 0 Å². The van der Waals surface area contributed by atoms with E-state index in [0.29, 0.717) is 24.7 Å². The van der Waals surface area contributed by atoms with E-state index in [1.54, 1.807) is 24.3 Å². The molecule has 0 aliphatic carbocycles. The largest absolute Gasteiger partial charge is 0.495 e. The van der Waals surface area contributed by atoms with E-state index in [-0.39, 0.29) is 35.4 Å². The number of nitrogens with one attached hydrogen (secondary N) is 1. The van der Waals surface area contributed by atoms with Crippen molar-refractivity contribution in [3.05, 3.63) is 47.5 Å². The maximum atomic E-state index is 13.0. The van der Waals surface area contributed by atoms with Gasteiger partial charge in [0.2, 0.25) is 10.0 Å². The standard InChI is InChI=1S/C19H21ClN2O6S/c1-26-16-5-3-2-4-15(16)21-19(23)13-28-17-7-6-14(20)12-18(17)29(24,25)22-8-10-27-11-9-22/h2-7,12H,8-11,13H2,1H3,(H,21,23). The van der Waals surface area contributed by atoms with Crippen LogP contribution < -0.4 is 14.8 Å². The third kappa shape index (κ3) is 5.18. The summed E-state index contributed by atoms with van der Waals surface area (Å²) in [5.74, 6) is 0.0955. The normalized spacial score (nSPS) is 15.0. The third-order valence-electron chi connectivity index (χ3n) is 4.23. The minimum atomic E-state index is -3.84. The molecule has 2 aromatic carbocycles. The summed E-state index contributed by atoms with van der Waals surface area (Å²) in [6.07, 6.45) is 0. The molecule has 1 aliphatic rings. The summed E-state index contributed by atoms with van der Waals surface area (Å²) in [7, 11) is -2.34. The van der Waals surface area contributed by atoms with Gasteiger partial charge in [0.1, 0.15) is 16.4 Å². The predicted octanol–water partition coefficient (Wildman–Crippen LogP) is 2.39. The van der Waals surface area contributed by atoms with Gasteiger partial charge >= 0.3 is 0 Å². The molecule has 156 valence electrons. The summed E-state index contributed by atoms with van der Waals surface area (Å²) in [5, 5.41) is 2.93. The van der Waals surface area contributed by atoms with E-state index in [1.807, 2.05) is 0 Å². The molecule has 0 atom stereocenters. The molecule has 0 aromatic heterocycles. The molecule has 1 fully saturated rings. The minimum absolute atomic E-state index is 0.0519. The summed E-state index contributed by atoms with van der Waals surface area (Å²) >= 11 is 6.01. The Morgan fingerprint density at radius 3 is 2.62 bits per heavy atom. The van der Waals surface area contributed by atoms with Crippen LogP contribution in [0.3, 0.4) is 0 Å². The lowest BCUT2D eigenvalue weighted by Crippen LogP contribution is -2.40. The van der Waals surface area contributed by atoms with Gasteiger partial charge < -0.3 is 19.5 Å². The van der Waals surface area contributed by atoms with Crippen LogP contribution in [0.1, 0.15) is 0 Å². The van der Waals surface area contributed by atoms with Crippen molar-refractivity contribution in [2.75, 3.05) is 45.3 Å². The first kappa shape index (κ1) is 21.4. The average Bonchev–Trinajstić information content (AvgIpc) is 2.74. The van der Waals surface area contributed by atoms with Gasteiger partial charge in [0, 0.05) is 18.1 Å². The van der Waals surface area contributed by atoms with Gasteiger partial charge in [0.25, 0.3) is 5.91 Å². The number of para-hydroxylation sites is 2. The van der Waals surface area contributed by atoms with Crippen molar-refractivity contribution in [2.24, 2.45) is 0 Å². The Morgan fingerprint density at radius 1 is 1.17 bits per heavy atom. The topological polar surface area (TPSA) is 94.2 Å². The lowest BCUT2D eigenvalue weighted by molar-refractivity contribution is -0.118. The van der Waals surface area contributed by atoms with Crippen LogP contribution in [0.15, 0.2) is 47.4 Å². The van der Waals surface area contributed by atoms with Gasteiger partial charge in [-0.05, 0) is 30.3 Å². The minimum Gasteiger partial charge on any atom is -0.495 e. The Bertz CT molecular complexity index is 976. The number of hydrogen-bond acceptors (Lipinski definition) is 6. The molecule has 1 N–H and O–H groups in total. The van der Waals surface area contributed by atoms with Crippen LogP contribution in [0, 0.1) is 0 Å². The van der Waals surface area contributed by atoms with E-state index in [2.05, 4.69) is 5.32 Å². The highest BCUT2D eigenvalue weighted by molar-refractivity contribution is 7.89. The molecule has 1 aliphatic heterocycles. The van der Waals surface area contributed by atoms with Crippen LogP contribution in [0.5, 0.6) is 11.5 Å². The maximum Gasteiger partial charge on any atom is 0.262 e. The Labute approximate surface area is 174 Å². The molecule has 1 heterocycles. The quantitative estimate of drug-likeness (QED) is 0.710. The molecule has 10 heteroatoms. The number of benzene rings is 2. The number of carbonyl (C=O) groups excluding carboxylic acids is 1. The zero-order chi connectivity index (χ0) is 20.9. The highest BCUT2D eigenvalue weighted by Gasteiger charge is 2.29. The van der Waals surface area contributed by atoms with Crippen LogP contribution in [0.2, 0.25) is 5.02 Å². The summed E-state index contributed by atoms with van der Waals surface area (Å²) in [6.45, 7) is 0.727. The third-order valence-corrected chi connectivity index (χ3v) is 6.39. The monoisotopic (exact) mass is 440 g/mol. The fourth-order valence-corrected chi connectivity index (χ4v) is 4.61. The predicted molar refractivity (Wildman–Crippen MR) is 108 cm³/mol. The Hall–Kier alpha value is -2.33. The zero-order valence-electron chi connectivity index (χ0n) is 15.8. The first-order valence-corrected chi connectivity index (χ1v) is 10.7. The molecular weight excluding hydrogens is 420 g/mol. The van der Waals surface area contributed by atoms with Gasteiger partial charge in [0.15, 0.2) is 6.61 Å². The van der Waals surface area contributed by atoms with E-state index >= 15 is 0 Å². The van der Waals surface area contributed by atoms with Crippen LogP contribution in [0.25, 0.3) is 0 Å². The lowest BCUT2D eigenvalue weighted by Gasteiger charge is -2.26. The summed E-state index contributed by atoms with van der Waals surface area (Å²) in [4.78, 5) is 12.2. The van der Waals surface area contributed by atoms with Gasteiger partial charge in [-0.25, -0.2) is 8.42 Å². The summed E-state index contributed by atoms with van der Waals surface area (Å²) < 4.78 is 43.2. The van der Waals surface area contributed by atoms with E-state index in [1.165, 1.54) is 29.6 Å². The van der Waals surface area contributed by atoms with E-state index in [9.17, 15) is 13.2 Å². The Kier molecular flexibility index (Phi) is 6.96. The lowest BCUT2D eigenvalue weighted by atomic mass is 10.3. The number of hydrogen-bond donors (Lipinski definition) is 1. The van der Waals surface area contributed by atoms with E-state index < -0.39 is 15.9 Å². The van der Waals surface area contributed by atoms with Crippen molar-refractivity contribution in [3.63, 3.8) is 0 Å². The molecule has 29 heavy (non-hydrogen) atoms. The number of methoxy groups -OCH3 is 1. The Balaban J connectivity index is 1.75. The molecular formula is C19H21ClN2O6S. The number of anilines is 1. The van der Waals surface area contributed by atoms with Crippen LogP contribution in [-0.2, 0) is 19.6 Å². The summed E-state index contributed by atoms with van der Waals surface area (Å²) in [6, 6.07) is 11.2. The highest BCUT2D eigenvalue weighted by atomic mass is 35.5. The van der Waals surface area contributed by atoms with Crippen molar-refractivity contribution < 1.29 is 27.4 Å². The van der Waals surface area contributed by atoms with Crippen molar-refractivity contribution in [2.45, 2.75) is 4.90 Å². The number of morpholine rings is 1. The number of ether oxygens (including phenoxy) is 3. The molecule has 1 amide bonds. The number of carbonyl (C=O) groups is 1. The molecule has 0 saturated carbocycles. The number of halogens is 1. The van der Waals surface area contributed by atoms with Gasteiger partial charge in [-0.3, -0.25) is 4.79 Å². The second-order valence-corrected chi connectivity index (χ2v) is 8.49. The molecule has 2 aromatic rings. The highest BCUT2D eigenvalue weighted by Crippen LogP contribution is 2.30.